The fourth-order valence-corrected chi connectivity index (χ4v) is 3.27. The molecule has 0 aromatic heterocycles. The second-order valence-electron chi connectivity index (χ2n) is 5.12. The van der Waals surface area contributed by atoms with Gasteiger partial charge >= 0.3 is 0 Å². The first-order valence-electron chi connectivity index (χ1n) is 5.59. The van der Waals surface area contributed by atoms with Crippen molar-refractivity contribution in [2.75, 3.05) is 7.05 Å². The van der Waals surface area contributed by atoms with E-state index in [1.165, 1.54) is 5.56 Å². The lowest BCUT2D eigenvalue weighted by Crippen LogP contribution is -2.54. The van der Waals surface area contributed by atoms with E-state index >= 15 is 0 Å². The SMILES string of the molecule is CNC1CC(c2ccc(Cl)cc2Cl)C1(C)C. The molecule has 1 aromatic rings. The third kappa shape index (κ3) is 1.85. The lowest BCUT2D eigenvalue weighted by Gasteiger charge is -2.52. The van der Waals surface area contributed by atoms with Crippen LogP contribution in [0.5, 0.6) is 0 Å². The van der Waals surface area contributed by atoms with Gasteiger partial charge in [0.15, 0.2) is 0 Å². The summed E-state index contributed by atoms with van der Waals surface area (Å²) in [6.45, 7) is 4.57. The molecule has 1 fully saturated rings. The zero-order valence-electron chi connectivity index (χ0n) is 9.85. The molecule has 0 bridgehead atoms. The van der Waals surface area contributed by atoms with Gasteiger partial charge in [-0.15, -0.1) is 0 Å². The van der Waals surface area contributed by atoms with Gasteiger partial charge in [0, 0.05) is 16.1 Å². The smallest absolute Gasteiger partial charge is 0.0455 e. The summed E-state index contributed by atoms with van der Waals surface area (Å²) < 4.78 is 0. The molecule has 0 heterocycles. The molecule has 0 radical (unpaired) electrons. The van der Waals surface area contributed by atoms with Crippen LogP contribution in [-0.2, 0) is 0 Å². The lowest BCUT2D eigenvalue weighted by atomic mass is 9.56. The van der Waals surface area contributed by atoms with Crippen molar-refractivity contribution in [1.82, 2.24) is 5.32 Å². The minimum absolute atomic E-state index is 0.256. The summed E-state index contributed by atoms with van der Waals surface area (Å²) in [5, 5.41) is 4.85. The van der Waals surface area contributed by atoms with E-state index in [0.717, 1.165) is 11.4 Å². The van der Waals surface area contributed by atoms with E-state index in [1.807, 2.05) is 19.2 Å². The van der Waals surface area contributed by atoms with E-state index in [2.05, 4.69) is 25.2 Å². The summed E-state index contributed by atoms with van der Waals surface area (Å²) in [4.78, 5) is 0. The first-order chi connectivity index (χ1) is 7.46. The molecule has 0 amide bonds. The van der Waals surface area contributed by atoms with Crippen molar-refractivity contribution >= 4 is 23.2 Å². The highest BCUT2D eigenvalue weighted by Crippen LogP contribution is 2.53. The molecular formula is C13H17Cl2N. The van der Waals surface area contributed by atoms with Crippen molar-refractivity contribution in [2.45, 2.75) is 32.2 Å². The molecule has 88 valence electrons. The van der Waals surface area contributed by atoms with E-state index in [4.69, 9.17) is 23.2 Å². The summed E-state index contributed by atoms with van der Waals surface area (Å²) in [6, 6.07) is 6.39. The zero-order valence-corrected chi connectivity index (χ0v) is 11.4. The van der Waals surface area contributed by atoms with Gasteiger partial charge in [-0.1, -0.05) is 43.1 Å². The topological polar surface area (TPSA) is 12.0 Å². The van der Waals surface area contributed by atoms with E-state index in [0.29, 0.717) is 17.0 Å². The Morgan fingerprint density at radius 1 is 1.31 bits per heavy atom. The van der Waals surface area contributed by atoms with Crippen molar-refractivity contribution in [2.24, 2.45) is 5.41 Å². The van der Waals surface area contributed by atoms with Crippen molar-refractivity contribution < 1.29 is 0 Å². The monoisotopic (exact) mass is 257 g/mol. The highest BCUT2D eigenvalue weighted by atomic mass is 35.5. The molecule has 1 aliphatic carbocycles. The molecule has 1 saturated carbocycles. The van der Waals surface area contributed by atoms with Gasteiger partial charge in [-0.2, -0.15) is 0 Å². The van der Waals surface area contributed by atoms with Crippen LogP contribution < -0.4 is 5.32 Å². The van der Waals surface area contributed by atoms with Gasteiger partial charge in [0.1, 0.15) is 0 Å². The Morgan fingerprint density at radius 3 is 2.50 bits per heavy atom. The maximum absolute atomic E-state index is 6.25. The number of hydrogen-bond donors (Lipinski definition) is 1. The van der Waals surface area contributed by atoms with Crippen molar-refractivity contribution in [1.29, 1.82) is 0 Å². The van der Waals surface area contributed by atoms with Crippen LogP contribution in [0.4, 0.5) is 0 Å². The van der Waals surface area contributed by atoms with Crippen molar-refractivity contribution in [3.05, 3.63) is 33.8 Å². The predicted molar refractivity (Wildman–Crippen MR) is 70.4 cm³/mol. The maximum atomic E-state index is 6.25. The average molecular weight is 258 g/mol. The Kier molecular flexibility index (Phi) is 3.22. The van der Waals surface area contributed by atoms with Gasteiger partial charge in [-0.05, 0) is 42.5 Å². The minimum Gasteiger partial charge on any atom is -0.316 e. The Hall–Kier alpha value is -0.240. The molecule has 0 saturated heterocycles. The van der Waals surface area contributed by atoms with Gasteiger partial charge in [0.05, 0.1) is 0 Å². The van der Waals surface area contributed by atoms with Gasteiger partial charge in [-0.25, -0.2) is 0 Å². The van der Waals surface area contributed by atoms with Gasteiger partial charge in [0.2, 0.25) is 0 Å². The highest BCUT2D eigenvalue weighted by Gasteiger charge is 2.48. The lowest BCUT2D eigenvalue weighted by molar-refractivity contribution is 0.0752. The summed E-state index contributed by atoms with van der Waals surface area (Å²) in [5.41, 5.74) is 1.48. The minimum atomic E-state index is 0.256. The Labute approximate surface area is 107 Å². The first kappa shape index (κ1) is 12.2. The van der Waals surface area contributed by atoms with E-state index in [-0.39, 0.29) is 5.41 Å². The molecule has 1 aliphatic rings. The third-order valence-corrected chi connectivity index (χ3v) is 4.52. The zero-order chi connectivity index (χ0) is 11.9. The quantitative estimate of drug-likeness (QED) is 0.842. The normalized spacial score (nSPS) is 27.6. The average Bonchev–Trinajstić information content (AvgIpc) is 2.20. The van der Waals surface area contributed by atoms with Crippen LogP contribution in [0.25, 0.3) is 0 Å². The van der Waals surface area contributed by atoms with Crippen LogP contribution in [0.2, 0.25) is 10.0 Å². The maximum Gasteiger partial charge on any atom is 0.0455 e. The number of rotatable bonds is 2. The van der Waals surface area contributed by atoms with Crippen LogP contribution in [0, 0.1) is 5.41 Å². The number of hydrogen-bond acceptors (Lipinski definition) is 1. The Bertz CT molecular complexity index is 401. The molecule has 16 heavy (non-hydrogen) atoms. The summed E-state index contributed by atoms with van der Waals surface area (Å²) in [7, 11) is 2.02. The molecule has 2 rings (SSSR count). The first-order valence-corrected chi connectivity index (χ1v) is 6.34. The molecule has 2 atom stereocenters. The Balaban J connectivity index is 2.27. The summed E-state index contributed by atoms with van der Waals surface area (Å²) >= 11 is 12.2. The number of halogens is 2. The van der Waals surface area contributed by atoms with Crippen LogP contribution in [0.1, 0.15) is 31.7 Å². The second-order valence-corrected chi connectivity index (χ2v) is 5.96. The molecule has 0 spiro atoms. The van der Waals surface area contributed by atoms with Crippen LogP contribution in [-0.4, -0.2) is 13.1 Å². The van der Waals surface area contributed by atoms with E-state index in [9.17, 15) is 0 Å². The van der Waals surface area contributed by atoms with Crippen molar-refractivity contribution in [3.8, 4) is 0 Å². The van der Waals surface area contributed by atoms with Gasteiger partial charge in [-0.3, -0.25) is 0 Å². The van der Waals surface area contributed by atoms with Crippen LogP contribution in [0.3, 0.4) is 0 Å². The largest absolute Gasteiger partial charge is 0.316 e. The Morgan fingerprint density at radius 2 is 2.00 bits per heavy atom. The predicted octanol–water partition coefficient (Wildman–Crippen LogP) is 4.09. The summed E-state index contributed by atoms with van der Waals surface area (Å²) in [5.74, 6) is 0.523. The standard InChI is InChI=1S/C13H17Cl2N/c1-13(2)10(7-12(13)16-3)9-5-4-8(14)6-11(9)15/h4-6,10,12,16H,7H2,1-3H3. The molecule has 0 aliphatic heterocycles. The molecule has 3 heteroatoms. The second kappa shape index (κ2) is 4.21. The van der Waals surface area contributed by atoms with E-state index in [1.54, 1.807) is 0 Å². The summed E-state index contributed by atoms with van der Waals surface area (Å²) in [6.07, 6.45) is 1.14. The fraction of sp³-hybridized carbons (Fsp3) is 0.538. The van der Waals surface area contributed by atoms with Crippen LogP contribution >= 0.6 is 23.2 Å². The highest BCUT2D eigenvalue weighted by molar-refractivity contribution is 6.35. The number of nitrogens with one attached hydrogen (secondary N) is 1. The van der Waals surface area contributed by atoms with Gasteiger partial charge in [0.25, 0.3) is 0 Å². The van der Waals surface area contributed by atoms with Crippen molar-refractivity contribution in [3.63, 3.8) is 0 Å². The fourth-order valence-electron chi connectivity index (χ4n) is 2.73. The van der Waals surface area contributed by atoms with Crippen LogP contribution in [0.15, 0.2) is 18.2 Å². The number of benzene rings is 1. The molecule has 2 unspecified atom stereocenters. The molecule has 1 nitrogen and oxygen atoms in total. The molecule has 1 N–H and O–H groups in total. The van der Waals surface area contributed by atoms with Gasteiger partial charge < -0.3 is 5.32 Å². The molecule has 1 aromatic carbocycles. The molecular weight excluding hydrogens is 241 g/mol. The third-order valence-electron chi connectivity index (χ3n) is 3.95. The van der Waals surface area contributed by atoms with E-state index < -0.39 is 0 Å².